The standard InChI is InChI=1S/C14H10N2O3/c1-2-13(17)19-14(18)8-7-12-15-9-10-5-3-4-6-11(10)16-12/h2-9H,1H2/b8-7+. The summed E-state index contributed by atoms with van der Waals surface area (Å²) in [7, 11) is 0. The summed E-state index contributed by atoms with van der Waals surface area (Å²) >= 11 is 0. The lowest BCUT2D eigenvalue weighted by Gasteiger charge is -1.97. The molecule has 2 aromatic rings. The van der Waals surface area contributed by atoms with Gasteiger partial charge in [-0.25, -0.2) is 19.6 Å². The van der Waals surface area contributed by atoms with Crippen molar-refractivity contribution in [3.05, 3.63) is 55.0 Å². The van der Waals surface area contributed by atoms with Gasteiger partial charge in [-0.15, -0.1) is 0 Å². The first-order chi connectivity index (χ1) is 9.19. The Morgan fingerprint density at radius 2 is 2.00 bits per heavy atom. The van der Waals surface area contributed by atoms with Crippen LogP contribution in [0, 0.1) is 0 Å². The zero-order chi connectivity index (χ0) is 13.7. The van der Waals surface area contributed by atoms with Crippen molar-refractivity contribution in [1.82, 2.24) is 9.97 Å². The first kappa shape index (κ1) is 12.6. The molecule has 5 nitrogen and oxygen atoms in total. The molecule has 0 saturated carbocycles. The Balaban J connectivity index is 2.14. The number of carbonyl (C=O) groups excluding carboxylic acids is 2. The van der Waals surface area contributed by atoms with Gasteiger partial charge in [-0.3, -0.25) is 0 Å². The fourth-order valence-electron chi connectivity index (χ4n) is 1.38. The highest BCUT2D eigenvalue weighted by Crippen LogP contribution is 2.10. The van der Waals surface area contributed by atoms with Gasteiger partial charge in [-0.1, -0.05) is 24.8 Å². The fraction of sp³-hybridized carbons (Fsp3) is 0. The van der Waals surface area contributed by atoms with E-state index in [1.807, 2.05) is 24.3 Å². The normalized spacial score (nSPS) is 10.5. The number of hydrogen-bond donors (Lipinski definition) is 0. The summed E-state index contributed by atoms with van der Waals surface area (Å²) in [5, 5.41) is 0.907. The predicted molar refractivity (Wildman–Crippen MR) is 69.9 cm³/mol. The lowest BCUT2D eigenvalue weighted by atomic mass is 10.2. The predicted octanol–water partition coefficient (Wildman–Crippen LogP) is 1.90. The van der Waals surface area contributed by atoms with Crippen LogP contribution < -0.4 is 0 Å². The van der Waals surface area contributed by atoms with Crippen LogP contribution in [0.25, 0.3) is 17.0 Å². The number of rotatable bonds is 3. The van der Waals surface area contributed by atoms with Gasteiger partial charge in [0.1, 0.15) is 0 Å². The molecule has 19 heavy (non-hydrogen) atoms. The molecule has 0 aliphatic rings. The van der Waals surface area contributed by atoms with Crippen molar-refractivity contribution in [3.63, 3.8) is 0 Å². The second-order valence-electron chi connectivity index (χ2n) is 3.56. The number of ether oxygens (including phenoxy) is 1. The summed E-state index contributed by atoms with van der Waals surface area (Å²) in [6.07, 6.45) is 5.04. The number of esters is 2. The zero-order valence-electron chi connectivity index (χ0n) is 9.95. The smallest absolute Gasteiger partial charge is 0.338 e. The molecule has 0 unspecified atom stereocenters. The number of fused-ring (bicyclic) bond motifs is 1. The van der Waals surface area contributed by atoms with Gasteiger partial charge in [0.2, 0.25) is 0 Å². The van der Waals surface area contributed by atoms with E-state index in [0.29, 0.717) is 5.82 Å². The minimum Gasteiger partial charge on any atom is -0.387 e. The summed E-state index contributed by atoms with van der Waals surface area (Å²) in [5.41, 5.74) is 0.771. The number of nitrogens with zero attached hydrogens (tertiary/aromatic N) is 2. The maximum atomic E-state index is 11.2. The number of aromatic nitrogens is 2. The third-order valence-corrected chi connectivity index (χ3v) is 2.24. The van der Waals surface area contributed by atoms with Gasteiger partial charge in [-0.2, -0.15) is 0 Å². The van der Waals surface area contributed by atoms with E-state index < -0.39 is 11.9 Å². The topological polar surface area (TPSA) is 69.2 Å². The van der Waals surface area contributed by atoms with E-state index in [0.717, 1.165) is 23.1 Å². The molecule has 0 aliphatic heterocycles. The highest BCUT2D eigenvalue weighted by atomic mass is 16.6. The van der Waals surface area contributed by atoms with Crippen LogP contribution in [0.1, 0.15) is 5.82 Å². The molecule has 0 atom stereocenters. The van der Waals surface area contributed by atoms with E-state index in [1.165, 1.54) is 6.08 Å². The largest absolute Gasteiger partial charge is 0.387 e. The Labute approximate surface area is 109 Å². The Morgan fingerprint density at radius 3 is 2.79 bits per heavy atom. The highest BCUT2D eigenvalue weighted by Gasteiger charge is 2.03. The van der Waals surface area contributed by atoms with Crippen LogP contribution in [0.2, 0.25) is 0 Å². The van der Waals surface area contributed by atoms with Crippen molar-refractivity contribution in [2.75, 3.05) is 0 Å². The van der Waals surface area contributed by atoms with Crippen LogP contribution in [-0.4, -0.2) is 21.9 Å². The molecule has 1 heterocycles. The maximum absolute atomic E-state index is 11.2. The Morgan fingerprint density at radius 1 is 1.21 bits per heavy atom. The van der Waals surface area contributed by atoms with Crippen LogP contribution in [0.5, 0.6) is 0 Å². The van der Waals surface area contributed by atoms with Gasteiger partial charge in [0, 0.05) is 23.7 Å². The summed E-state index contributed by atoms with van der Waals surface area (Å²) in [5.74, 6) is -1.22. The minimum atomic E-state index is -0.797. The molecule has 94 valence electrons. The maximum Gasteiger partial charge on any atom is 0.338 e. The molecule has 0 N–H and O–H groups in total. The van der Waals surface area contributed by atoms with Gasteiger partial charge in [0.05, 0.1) is 5.52 Å². The van der Waals surface area contributed by atoms with Gasteiger partial charge >= 0.3 is 11.9 Å². The number of carbonyl (C=O) groups is 2. The Kier molecular flexibility index (Phi) is 3.78. The fourth-order valence-corrected chi connectivity index (χ4v) is 1.38. The average molecular weight is 254 g/mol. The SMILES string of the molecule is C=CC(=O)OC(=O)/C=C/c1ncc2ccccc2n1. The molecule has 0 fully saturated rings. The molecule has 0 aliphatic carbocycles. The van der Waals surface area contributed by atoms with Crippen molar-refractivity contribution in [3.8, 4) is 0 Å². The molecule has 0 bridgehead atoms. The molecule has 1 aromatic heterocycles. The van der Waals surface area contributed by atoms with E-state index in [1.54, 1.807) is 6.20 Å². The molecular weight excluding hydrogens is 244 g/mol. The van der Waals surface area contributed by atoms with Crippen LogP contribution >= 0.6 is 0 Å². The van der Waals surface area contributed by atoms with Crippen LogP contribution in [0.4, 0.5) is 0 Å². The van der Waals surface area contributed by atoms with E-state index >= 15 is 0 Å². The highest BCUT2D eigenvalue weighted by molar-refractivity contribution is 5.97. The molecule has 2 rings (SSSR count). The van der Waals surface area contributed by atoms with Gasteiger partial charge in [0.25, 0.3) is 0 Å². The third kappa shape index (κ3) is 3.32. The molecule has 0 amide bonds. The van der Waals surface area contributed by atoms with Gasteiger partial charge < -0.3 is 4.74 Å². The summed E-state index contributed by atoms with van der Waals surface area (Å²) in [4.78, 5) is 30.3. The van der Waals surface area contributed by atoms with Crippen LogP contribution in [0.15, 0.2) is 49.2 Å². The number of hydrogen-bond acceptors (Lipinski definition) is 5. The Hall–Kier alpha value is -2.82. The zero-order valence-corrected chi connectivity index (χ0v) is 9.95. The van der Waals surface area contributed by atoms with Crippen LogP contribution in [0.3, 0.4) is 0 Å². The van der Waals surface area contributed by atoms with E-state index in [9.17, 15) is 9.59 Å². The van der Waals surface area contributed by atoms with Crippen molar-refractivity contribution in [2.45, 2.75) is 0 Å². The number of para-hydroxylation sites is 1. The van der Waals surface area contributed by atoms with E-state index in [-0.39, 0.29) is 0 Å². The van der Waals surface area contributed by atoms with Crippen molar-refractivity contribution in [1.29, 1.82) is 0 Å². The van der Waals surface area contributed by atoms with E-state index in [4.69, 9.17) is 0 Å². The second-order valence-corrected chi connectivity index (χ2v) is 3.56. The molecule has 0 radical (unpaired) electrons. The molecule has 0 spiro atoms. The van der Waals surface area contributed by atoms with Crippen LogP contribution in [-0.2, 0) is 14.3 Å². The third-order valence-electron chi connectivity index (χ3n) is 2.24. The Bertz CT molecular complexity index is 677. The lowest BCUT2D eigenvalue weighted by Crippen LogP contribution is -2.06. The van der Waals surface area contributed by atoms with Crippen molar-refractivity contribution >= 4 is 28.9 Å². The monoisotopic (exact) mass is 254 g/mol. The minimum absolute atomic E-state index is 0.363. The van der Waals surface area contributed by atoms with Gasteiger partial charge in [-0.05, 0) is 12.1 Å². The van der Waals surface area contributed by atoms with Crippen molar-refractivity contribution in [2.24, 2.45) is 0 Å². The second kappa shape index (κ2) is 5.68. The number of benzene rings is 1. The van der Waals surface area contributed by atoms with Gasteiger partial charge in [0.15, 0.2) is 5.82 Å². The molecule has 0 saturated heterocycles. The van der Waals surface area contributed by atoms with E-state index in [2.05, 4.69) is 21.3 Å². The quantitative estimate of drug-likeness (QED) is 0.475. The summed E-state index contributed by atoms with van der Waals surface area (Å²) in [6.45, 7) is 3.19. The molecular formula is C14H10N2O3. The first-order valence-corrected chi connectivity index (χ1v) is 5.47. The molecule has 5 heteroatoms. The summed E-state index contributed by atoms with van der Waals surface area (Å²) in [6, 6.07) is 7.48. The lowest BCUT2D eigenvalue weighted by molar-refractivity contribution is -0.152. The average Bonchev–Trinajstić information content (AvgIpc) is 2.44. The molecule has 1 aromatic carbocycles. The van der Waals surface area contributed by atoms with Crippen molar-refractivity contribution < 1.29 is 14.3 Å². The first-order valence-electron chi connectivity index (χ1n) is 5.47. The summed E-state index contributed by atoms with van der Waals surface area (Å²) < 4.78 is 4.37.